The number of hydrogen-bond acceptors (Lipinski definition) is 3. The number of aliphatic hydroxyl groups is 1. The Balaban J connectivity index is 2.61. The van der Waals surface area contributed by atoms with Crippen LogP contribution in [0.3, 0.4) is 0 Å². The molecule has 0 spiro atoms. The van der Waals surface area contributed by atoms with Crippen LogP contribution in [-0.4, -0.2) is 33.7 Å². The zero-order chi connectivity index (χ0) is 11.5. The van der Waals surface area contributed by atoms with Gasteiger partial charge in [-0.25, -0.2) is 0 Å². The van der Waals surface area contributed by atoms with Gasteiger partial charge in [-0.2, -0.15) is 0 Å². The van der Waals surface area contributed by atoms with Crippen molar-refractivity contribution in [2.45, 2.75) is 50.3 Å². The van der Waals surface area contributed by atoms with Crippen LogP contribution >= 0.6 is 11.8 Å². The summed E-state index contributed by atoms with van der Waals surface area (Å²) in [6, 6.07) is 0. The third-order valence-electron chi connectivity index (χ3n) is 3.24. The van der Waals surface area contributed by atoms with Gasteiger partial charge in [0, 0.05) is 0 Å². The molecule has 2 N–H and O–H groups in total. The lowest BCUT2D eigenvalue weighted by atomic mass is 9.97. The summed E-state index contributed by atoms with van der Waals surface area (Å²) < 4.78 is -0.286. The Morgan fingerprint density at radius 1 is 1.67 bits per heavy atom. The Bertz CT molecular complexity index is 233. The van der Waals surface area contributed by atoms with Crippen molar-refractivity contribution in [3.8, 4) is 0 Å². The molecule has 3 nitrogen and oxygen atoms in total. The molecular formula is C11H21NO2S. The summed E-state index contributed by atoms with van der Waals surface area (Å²) in [4.78, 5) is 12.1. The molecule has 2 atom stereocenters. The minimum Gasteiger partial charge on any atom is -0.394 e. The van der Waals surface area contributed by atoms with Crippen molar-refractivity contribution in [3.63, 3.8) is 0 Å². The Hall–Kier alpha value is -0.220. The number of nitrogens with one attached hydrogen (secondary N) is 1. The van der Waals surface area contributed by atoms with E-state index in [1.54, 1.807) is 11.8 Å². The summed E-state index contributed by atoms with van der Waals surface area (Å²) in [5, 5.41) is 12.2. The fourth-order valence-electron chi connectivity index (χ4n) is 1.60. The van der Waals surface area contributed by atoms with Crippen molar-refractivity contribution in [1.82, 2.24) is 5.32 Å². The van der Waals surface area contributed by atoms with Crippen molar-refractivity contribution >= 4 is 17.7 Å². The first-order valence-electron chi connectivity index (χ1n) is 5.53. The zero-order valence-corrected chi connectivity index (χ0v) is 10.6. The predicted molar refractivity (Wildman–Crippen MR) is 64.0 cm³/mol. The normalized spacial score (nSPS) is 29.9. The fourth-order valence-corrected chi connectivity index (χ4v) is 2.81. The van der Waals surface area contributed by atoms with E-state index in [0.717, 1.165) is 25.0 Å². The van der Waals surface area contributed by atoms with Crippen LogP contribution < -0.4 is 5.32 Å². The number of amides is 1. The molecule has 0 aromatic rings. The van der Waals surface area contributed by atoms with E-state index in [-0.39, 0.29) is 17.3 Å². The van der Waals surface area contributed by atoms with Crippen molar-refractivity contribution in [3.05, 3.63) is 0 Å². The standard InChI is InChI=1S/C11H21NO2S/c1-4-10(2,8-13)12-9(14)11(3)6-5-7-15-11/h13H,4-8H2,1-3H3,(H,12,14). The molecule has 0 bridgehead atoms. The van der Waals surface area contributed by atoms with E-state index in [4.69, 9.17) is 0 Å². The SMILES string of the molecule is CCC(C)(CO)NC(=O)C1(C)CCCS1. The van der Waals surface area contributed by atoms with Gasteiger partial charge in [0.1, 0.15) is 0 Å². The molecule has 1 aliphatic heterocycles. The largest absolute Gasteiger partial charge is 0.394 e. The number of aliphatic hydroxyl groups excluding tert-OH is 1. The predicted octanol–water partition coefficient (Wildman–Crippen LogP) is 1.55. The summed E-state index contributed by atoms with van der Waals surface area (Å²) >= 11 is 1.72. The van der Waals surface area contributed by atoms with Crippen LogP contribution in [0, 0.1) is 0 Å². The molecule has 1 aliphatic rings. The van der Waals surface area contributed by atoms with Gasteiger partial charge in [-0.05, 0) is 38.9 Å². The second-order valence-electron chi connectivity index (χ2n) is 4.71. The zero-order valence-electron chi connectivity index (χ0n) is 9.80. The van der Waals surface area contributed by atoms with E-state index in [9.17, 15) is 9.90 Å². The Morgan fingerprint density at radius 3 is 2.73 bits per heavy atom. The molecule has 1 saturated heterocycles. The third-order valence-corrected chi connectivity index (χ3v) is 4.76. The van der Waals surface area contributed by atoms with E-state index >= 15 is 0 Å². The molecule has 0 saturated carbocycles. The maximum Gasteiger partial charge on any atom is 0.236 e. The molecule has 15 heavy (non-hydrogen) atoms. The summed E-state index contributed by atoms with van der Waals surface area (Å²) in [7, 11) is 0. The highest BCUT2D eigenvalue weighted by atomic mass is 32.2. The van der Waals surface area contributed by atoms with Gasteiger partial charge in [-0.15, -0.1) is 11.8 Å². The summed E-state index contributed by atoms with van der Waals surface area (Å²) in [5.74, 6) is 1.13. The lowest BCUT2D eigenvalue weighted by molar-refractivity contribution is -0.125. The first-order valence-corrected chi connectivity index (χ1v) is 6.52. The monoisotopic (exact) mass is 231 g/mol. The van der Waals surface area contributed by atoms with Gasteiger partial charge in [0.25, 0.3) is 0 Å². The fraction of sp³-hybridized carbons (Fsp3) is 0.909. The highest BCUT2D eigenvalue weighted by Crippen LogP contribution is 2.38. The second kappa shape index (κ2) is 4.74. The quantitative estimate of drug-likeness (QED) is 0.772. The van der Waals surface area contributed by atoms with Crippen molar-refractivity contribution in [2.24, 2.45) is 0 Å². The van der Waals surface area contributed by atoms with Crippen LogP contribution in [0.25, 0.3) is 0 Å². The minimum absolute atomic E-state index is 0.00398. The molecular weight excluding hydrogens is 210 g/mol. The van der Waals surface area contributed by atoms with Gasteiger partial charge in [0.2, 0.25) is 5.91 Å². The lowest BCUT2D eigenvalue weighted by Gasteiger charge is -2.32. The molecule has 1 heterocycles. The molecule has 1 rings (SSSR count). The van der Waals surface area contributed by atoms with Gasteiger partial charge in [0.15, 0.2) is 0 Å². The molecule has 0 aliphatic carbocycles. The lowest BCUT2D eigenvalue weighted by Crippen LogP contribution is -2.54. The van der Waals surface area contributed by atoms with Crippen LogP contribution in [0.2, 0.25) is 0 Å². The highest BCUT2D eigenvalue weighted by Gasteiger charge is 2.39. The Labute approximate surface area is 96.0 Å². The Morgan fingerprint density at radius 2 is 2.33 bits per heavy atom. The van der Waals surface area contributed by atoms with Gasteiger partial charge >= 0.3 is 0 Å². The van der Waals surface area contributed by atoms with Crippen LogP contribution in [-0.2, 0) is 4.79 Å². The average Bonchev–Trinajstić information content (AvgIpc) is 2.66. The number of thioether (sulfide) groups is 1. The molecule has 0 aromatic heterocycles. The molecule has 1 amide bonds. The van der Waals surface area contributed by atoms with Gasteiger partial charge in [-0.3, -0.25) is 4.79 Å². The van der Waals surface area contributed by atoms with Crippen molar-refractivity contribution in [2.75, 3.05) is 12.4 Å². The first kappa shape index (κ1) is 12.8. The van der Waals surface area contributed by atoms with E-state index < -0.39 is 5.54 Å². The number of carbonyl (C=O) groups excluding carboxylic acids is 1. The summed E-state index contributed by atoms with van der Waals surface area (Å²) in [6.45, 7) is 5.85. The highest BCUT2D eigenvalue weighted by molar-refractivity contribution is 8.01. The molecule has 0 aromatic carbocycles. The number of carbonyl (C=O) groups is 1. The first-order chi connectivity index (χ1) is 6.96. The molecule has 2 unspecified atom stereocenters. The molecule has 4 heteroatoms. The summed E-state index contributed by atoms with van der Waals surface area (Å²) in [5.41, 5.74) is -0.469. The maximum absolute atomic E-state index is 12.1. The maximum atomic E-state index is 12.1. The Kier molecular flexibility index (Phi) is 4.06. The second-order valence-corrected chi connectivity index (χ2v) is 6.31. The minimum atomic E-state index is -0.469. The molecule has 0 radical (unpaired) electrons. The smallest absolute Gasteiger partial charge is 0.236 e. The van der Waals surface area contributed by atoms with E-state index in [0.29, 0.717) is 0 Å². The van der Waals surface area contributed by atoms with E-state index in [1.165, 1.54) is 0 Å². The van der Waals surface area contributed by atoms with Crippen molar-refractivity contribution < 1.29 is 9.90 Å². The van der Waals surface area contributed by atoms with Crippen LogP contribution in [0.4, 0.5) is 0 Å². The van der Waals surface area contributed by atoms with Crippen LogP contribution in [0.15, 0.2) is 0 Å². The summed E-state index contributed by atoms with van der Waals surface area (Å²) in [6.07, 6.45) is 2.79. The number of rotatable bonds is 4. The van der Waals surface area contributed by atoms with Gasteiger partial charge < -0.3 is 10.4 Å². The average molecular weight is 231 g/mol. The van der Waals surface area contributed by atoms with Crippen LogP contribution in [0.1, 0.15) is 40.0 Å². The molecule has 1 fully saturated rings. The molecule has 88 valence electrons. The van der Waals surface area contributed by atoms with Crippen molar-refractivity contribution in [1.29, 1.82) is 0 Å². The third kappa shape index (κ3) is 2.88. The van der Waals surface area contributed by atoms with E-state index in [2.05, 4.69) is 5.32 Å². The topological polar surface area (TPSA) is 49.3 Å². The van der Waals surface area contributed by atoms with Gasteiger partial charge in [0.05, 0.1) is 16.9 Å². The van der Waals surface area contributed by atoms with Gasteiger partial charge in [-0.1, -0.05) is 6.92 Å². The number of hydrogen-bond donors (Lipinski definition) is 2. The van der Waals surface area contributed by atoms with E-state index in [1.807, 2.05) is 20.8 Å². The van der Waals surface area contributed by atoms with Crippen LogP contribution in [0.5, 0.6) is 0 Å².